The maximum atomic E-state index is 13.6. The van der Waals surface area contributed by atoms with Crippen LogP contribution in [0.1, 0.15) is 24.0 Å². The number of benzene rings is 1. The Labute approximate surface area is 167 Å². The van der Waals surface area contributed by atoms with Crippen LogP contribution in [-0.4, -0.2) is 66.6 Å². The second-order valence-corrected chi connectivity index (χ2v) is 8.97. The zero-order valence-electron chi connectivity index (χ0n) is 16.0. The number of carbonyl (C=O) groups is 3. The van der Waals surface area contributed by atoms with Gasteiger partial charge in [0.1, 0.15) is 5.82 Å². The second kappa shape index (κ2) is 7.90. The quantitative estimate of drug-likeness (QED) is 0.539. The zero-order chi connectivity index (χ0) is 21.3. The summed E-state index contributed by atoms with van der Waals surface area (Å²) in [6.45, 7) is 1.64. The van der Waals surface area contributed by atoms with Crippen LogP contribution in [0.2, 0.25) is 0 Å². The fourth-order valence-corrected chi connectivity index (χ4v) is 4.70. The van der Waals surface area contributed by atoms with Crippen LogP contribution < -0.4 is 5.32 Å². The number of Topliss-reactive ketones (excluding diaryl/α,β-unsaturated/α-hetero) is 1. The van der Waals surface area contributed by atoms with Crippen molar-refractivity contribution in [1.82, 2.24) is 14.5 Å². The smallest absolute Gasteiger partial charge is 0.299 e. The maximum absolute atomic E-state index is 13.6. The summed E-state index contributed by atoms with van der Waals surface area (Å²) in [5.74, 6) is -3.70. The van der Waals surface area contributed by atoms with Crippen molar-refractivity contribution in [1.29, 1.82) is 0 Å². The topological polar surface area (TPSA) is 116 Å². The molecule has 2 heterocycles. The van der Waals surface area contributed by atoms with E-state index in [1.807, 2.05) is 0 Å². The minimum Gasteiger partial charge on any atom is -0.350 e. The molecular weight excluding hydrogens is 403 g/mol. The first kappa shape index (κ1) is 20.9. The highest BCUT2D eigenvalue weighted by atomic mass is 32.2. The molecular formula is C18H21FN4O5S. The number of guanidine groups is 1. The van der Waals surface area contributed by atoms with Gasteiger partial charge >= 0.3 is 0 Å². The van der Waals surface area contributed by atoms with Gasteiger partial charge in [0.05, 0.1) is 5.75 Å². The van der Waals surface area contributed by atoms with E-state index in [1.165, 1.54) is 13.1 Å². The maximum Gasteiger partial charge on any atom is 0.299 e. The molecule has 0 aromatic heterocycles. The summed E-state index contributed by atoms with van der Waals surface area (Å²) in [4.78, 5) is 41.9. The minimum absolute atomic E-state index is 0.0727. The Bertz CT molecular complexity index is 1010. The van der Waals surface area contributed by atoms with Crippen molar-refractivity contribution < 1.29 is 27.2 Å². The number of likely N-dealkylation sites (N-methyl/N-ethyl adjacent to an activating group) is 1. The van der Waals surface area contributed by atoms with Crippen LogP contribution in [0.3, 0.4) is 0 Å². The monoisotopic (exact) mass is 424 g/mol. The molecule has 0 radical (unpaired) electrons. The number of nitrogens with one attached hydrogen (secondary N) is 1. The molecule has 0 saturated carbocycles. The van der Waals surface area contributed by atoms with E-state index in [0.29, 0.717) is 24.0 Å². The molecule has 29 heavy (non-hydrogen) atoms. The molecule has 156 valence electrons. The number of rotatable bonds is 3. The predicted molar refractivity (Wildman–Crippen MR) is 102 cm³/mol. The Morgan fingerprint density at radius 1 is 1.31 bits per heavy atom. The summed E-state index contributed by atoms with van der Waals surface area (Å²) < 4.78 is 39.3. The van der Waals surface area contributed by atoms with E-state index in [4.69, 9.17) is 0 Å². The van der Waals surface area contributed by atoms with E-state index in [9.17, 15) is 27.2 Å². The van der Waals surface area contributed by atoms with Gasteiger partial charge in [-0.3, -0.25) is 19.3 Å². The molecule has 0 spiro atoms. The summed E-state index contributed by atoms with van der Waals surface area (Å²) in [5.41, 5.74) is 0.920. The highest BCUT2D eigenvalue weighted by Gasteiger charge is 2.43. The molecule has 1 aromatic carbocycles. The molecule has 9 nitrogen and oxygen atoms in total. The van der Waals surface area contributed by atoms with Crippen LogP contribution in [0.25, 0.3) is 0 Å². The van der Waals surface area contributed by atoms with E-state index in [2.05, 4.69) is 10.3 Å². The zero-order valence-corrected chi connectivity index (χ0v) is 16.8. The first-order valence-corrected chi connectivity index (χ1v) is 10.7. The first-order chi connectivity index (χ1) is 13.6. The van der Waals surface area contributed by atoms with Crippen molar-refractivity contribution in [2.45, 2.75) is 32.4 Å². The molecule has 1 atom stereocenters. The van der Waals surface area contributed by atoms with Crippen molar-refractivity contribution in [3.8, 4) is 0 Å². The number of ketones is 1. The third-order valence-corrected chi connectivity index (χ3v) is 6.65. The number of hydrogen-bond donors (Lipinski definition) is 1. The molecule has 1 unspecified atom stereocenters. The van der Waals surface area contributed by atoms with Crippen LogP contribution in [-0.2, 0) is 31.0 Å². The van der Waals surface area contributed by atoms with Crippen LogP contribution in [0.4, 0.5) is 4.39 Å². The molecule has 1 N–H and O–H groups in total. The van der Waals surface area contributed by atoms with E-state index in [-0.39, 0.29) is 24.8 Å². The van der Waals surface area contributed by atoms with Crippen molar-refractivity contribution in [3.63, 3.8) is 0 Å². The van der Waals surface area contributed by atoms with Crippen molar-refractivity contribution in [2.75, 3.05) is 19.3 Å². The first-order valence-electron chi connectivity index (χ1n) is 9.04. The van der Waals surface area contributed by atoms with Gasteiger partial charge in [-0.2, -0.15) is 0 Å². The highest BCUT2D eigenvalue weighted by Crippen LogP contribution is 2.19. The summed E-state index contributed by atoms with van der Waals surface area (Å²) in [6, 6.07) is 2.74. The molecule has 2 aliphatic heterocycles. The van der Waals surface area contributed by atoms with Gasteiger partial charge in [0.25, 0.3) is 17.6 Å². The van der Waals surface area contributed by atoms with Gasteiger partial charge in [0.15, 0.2) is 6.04 Å². The summed E-state index contributed by atoms with van der Waals surface area (Å²) in [6.07, 6.45) is 1.06. The highest BCUT2D eigenvalue weighted by molar-refractivity contribution is 7.89. The van der Waals surface area contributed by atoms with Crippen molar-refractivity contribution in [3.05, 3.63) is 35.1 Å². The number of aryl methyl sites for hydroxylation is 1. The third-order valence-electron chi connectivity index (χ3n) is 4.83. The summed E-state index contributed by atoms with van der Waals surface area (Å²) in [7, 11) is -2.44. The Hall–Kier alpha value is -2.82. The summed E-state index contributed by atoms with van der Waals surface area (Å²) in [5, 5.41) is 2.45. The Morgan fingerprint density at radius 3 is 2.69 bits per heavy atom. The SMILES string of the molecule is Cc1ccc(CNC(=O)C2N=C(N3CCCCS3(=O)=O)N(C)C(=O)C2=O)cc1F. The number of halogens is 1. The van der Waals surface area contributed by atoms with E-state index >= 15 is 0 Å². The average Bonchev–Trinajstić information content (AvgIpc) is 2.67. The molecule has 2 aliphatic rings. The third kappa shape index (κ3) is 4.14. The van der Waals surface area contributed by atoms with E-state index in [1.54, 1.807) is 19.1 Å². The van der Waals surface area contributed by atoms with E-state index in [0.717, 1.165) is 9.21 Å². The van der Waals surface area contributed by atoms with Gasteiger partial charge in [0.2, 0.25) is 16.0 Å². The summed E-state index contributed by atoms with van der Waals surface area (Å²) >= 11 is 0. The number of amides is 2. The molecule has 1 saturated heterocycles. The lowest BCUT2D eigenvalue weighted by Crippen LogP contribution is -2.58. The van der Waals surface area contributed by atoms with E-state index < -0.39 is 39.5 Å². The Balaban J connectivity index is 1.83. The Morgan fingerprint density at radius 2 is 2.03 bits per heavy atom. The standard InChI is InChI=1S/C18H21FN4O5S/c1-11-5-6-12(9-13(11)19)10-20-16(25)14-15(24)17(26)22(2)18(21-14)23-7-3-4-8-29(23,27)28/h5-6,9,14H,3-4,7-8,10H2,1-2H3,(H,20,25). The molecule has 2 amide bonds. The number of nitrogens with zero attached hydrogens (tertiary/aromatic N) is 3. The molecule has 0 bridgehead atoms. The van der Waals surface area contributed by atoms with Gasteiger partial charge < -0.3 is 5.32 Å². The predicted octanol–water partition coefficient (Wildman–Crippen LogP) is -0.0584. The van der Waals surface area contributed by atoms with Gasteiger partial charge in [-0.1, -0.05) is 12.1 Å². The normalized spacial score (nSPS) is 21.8. The molecule has 1 fully saturated rings. The van der Waals surface area contributed by atoms with Crippen LogP contribution in [0.5, 0.6) is 0 Å². The largest absolute Gasteiger partial charge is 0.350 e. The van der Waals surface area contributed by atoms with Crippen LogP contribution in [0, 0.1) is 12.7 Å². The van der Waals surface area contributed by atoms with Crippen molar-refractivity contribution in [2.24, 2.45) is 4.99 Å². The molecule has 11 heteroatoms. The van der Waals surface area contributed by atoms with Gasteiger partial charge in [0, 0.05) is 20.1 Å². The Kier molecular flexibility index (Phi) is 5.69. The number of aliphatic imine (C=N–C) groups is 1. The van der Waals surface area contributed by atoms with Crippen LogP contribution in [0.15, 0.2) is 23.2 Å². The molecule has 3 rings (SSSR count). The van der Waals surface area contributed by atoms with Gasteiger partial charge in [-0.15, -0.1) is 0 Å². The minimum atomic E-state index is -3.69. The van der Waals surface area contributed by atoms with Gasteiger partial charge in [-0.25, -0.2) is 22.1 Å². The fourth-order valence-electron chi connectivity index (χ4n) is 3.09. The molecule has 1 aromatic rings. The number of hydrogen-bond acceptors (Lipinski definition) is 6. The average molecular weight is 424 g/mol. The van der Waals surface area contributed by atoms with Crippen LogP contribution >= 0.6 is 0 Å². The lowest BCUT2D eigenvalue weighted by molar-refractivity contribution is -0.145. The number of carbonyl (C=O) groups excluding carboxylic acids is 3. The van der Waals surface area contributed by atoms with Gasteiger partial charge in [-0.05, 0) is 37.0 Å². The lowest BCUT2D eigenvalue weighted by atomic mass is 10.1. The molecule has 0 aliphatic carbocycles. The number of sulfonamides is 1. The van der Waals surface area contributed by atoms with Crippen molar-refractivity contribution >= 4 is 33.6 Å². The lowest BCUT2D eigenvalue weighted by Gasteiger charge is -2.35. The second-order valence-electron chi connectivity index (χ2n) is 6.96. The fraction of sp³-hybridized carbons (Fsp3) is 0.444.